The molecule has 0 aliphatic heterocycles. The minimum atomic E-state index is -4.33. The molecule has 1 aromatic carbocycles. The highest BCUT2D eigenvalue weighted by Gasteiger charge is 2.30. The predicted molar refractivity (Wildman–Crippen MR) is 72.0 cm³/mol. The molecule has 0 N–H and O–H groups in total. The molecule has 3 nitrogen and oxygen atoms in total. The van der Waals surface area contributed by atoms with Crippen molar-refractivity contribution in [1.29, 1.82) is 0 Å². The first-order valence-corrected chi connectivity index (χ1v) is 6.40. The van der Waals surface area contributed by atoms with Gasteiger partial charge in [-0.2, -0.15) is 18.3 Å². The lowest BCUT2D eigenvalue weighted by Gasteiger charge is -2.07. The van der Waals surface area contributed by atoms with Gasteiger partial charge in [0.15, 0.2) is 11.5 Å². The van der Waals surface area contributed by atoms with Crippen LogP contribution in [0.2, 0.25) is 0 Å². The van der Waals surface area contributed by atoms with Gasteiger partial charge in [0.25, 0.3) is 0 Å². The molecule has 0 bridgehead atoms. The standard InChI is InChI=1S/C15H12F3N3/c1-10-5-6-21-14(7-10)19-13(20-21)9-11-3-2-4-12(8-11)15(16,17)18/h2-8H,9H2,1H3. The fourth-order valence-electron chi connectivity index (χ4n) is 2.14. The van der Waals surface area contributed by atoms with Crippen LogP contribution >= 0.6 is 0 Å². The quantitative estimate of drug-likeness (QED) is 0.721. The van der Waals surface area contributed by atoms with E-state index in [-0.39, 0.29) is 6.42 Å². The summed E-state index contributed by atoms with van der Waals surface area (Å²) < 4.78 is 39.7. The Morgan fingerprint density at radius 2 is 1.95 bits per heavy atom. The van der Waals surface area contributed by atoms with Crippen molar-refractivity contribution < 1.29 is 13.2 Å². The molecular weight excluding hydrogens is 279 g/mol. The van der Waals surface area contributed by atoms with Crippen LogP contribution in [-0.2, 0) is 12.6 Å². The molecule has 0 amide bonds. The summed E-state index contributed by atoms with van der Waals surface area (Å²) in [5.74, 6) is 0.500. The van der Waals surface area contributed by atoms with Gasteiger partial charge in [-0.1, -0.05) is 18.2 Å². The second-order valence-corrected chi connectivity index (χ2v) is 4.91. The highest BCUT2D eigenvalue weighted by molar-refractivity contribution is 5.40. The minimum Gasteiger partial charge on any atom is -0.221 e. The summed E-state index contributed by atoms with van der Waals surface area (Å²) in [6.07, 6.45) is -2.28. The minimum absolute atomic E-state index is 0.268. The number of benzene rings is 1. The van der Waals surface area contributed by atoms with Crippen molar-refractivity contribution >= 4 is 5.65 Å². The van der Waals surface area contributed by atoms with Gasteiger partial charge in [0.1, 0.15) is 0 Å². The van der Waals surface area contributed by atoms with Crippen LogP contribution in [0.3, 0.4) is 0 Å². The van der Waals surface area contributed by atoms with Gasteiger partial charge in [-0.05, 0) is 36.2 Å². The molecule has 0 radical (unpaired) electrons. The Kier molecular flexibility index (Phi) is 3.16. The zero-order chi connectivity index (χ0) is 15.0. The number of rotatable bonds is 2. The maximum absolute atomic E-state index is 12.7. The number of hydrogen-bond donors (Lipinski definition) is 0. The van der Waals surface area contributed by atoms with Crippen LogP contribution in [0.15, 0.2) is 42.6 Å². The number of aryl methyl sites for hydroxylation is 1. The van der Waals surface area contributed by atoms with Crippen LogP contribution in [-0.4, -0.2) is 14.6 Å². The Morgan fingerprint density at radius 1 is 1.14 bits per heavy atom. The van der Waals surface area contributed by atoms with Crippen molar-refractivity contribution in [2.75, 3.05) is 0 Å². The lowest BCUT2D eigenvalue weighted by molar-refractivity contribution is -0.137. The molecule has 0 aliphatic rings. The van der Waals surface area contributed by atoms with E-state index in [2.05, 4.69) is 10.1 Å². The van der Waals surface area contributed by atoms with E-state index in [1.807, 2.05) is 19.1 Å². The first-order chi connectivity index (χ1) is 9.91. The van der Waals surface area contributed by atoms with Crippen molar-refractivity contribution in [3.63, 3.8) is 0 Å². The topological polar surface area (TPSA) is 30.2 Å². The maximum Gasteiger partial charge on any atom is 0.416 e. The van der Waals surface area contributed by atoms with Crippen molar-refractivity contribution in [3.8, 4) is 0 Å². The average Bonchev–Trinajstić information content (AvgIpc) is 2.79. The normalized spacial score (nSPS) is 12.0. The van der Waals surface area contributed by atoms with Crippen molar-refractivity contribution in [2.45, 2.75) is 19.5 Å². The number of hydrogen-bond acceptors (Lipinski definition) is 2. The van der Waals surface area contributed by atoms with E-state index >= 15 is 0 Å². The molecule has 2 heterocycles. The van der Waals surface area contributed by atoms with E-state index in [0.717, 1.165) is 17.7 Å². The molecule has 6 heteroatoms. The van der Waals surface area contributed by atoms with Crippen LogP contribution in [0, 0.1) is 6.92 Å². The molecule has 0 saturated heterocycles. The number of aromatic nitrogens is 3. The van der Waals surface area contributed by atoms with Crippen LogP contribution in [0.4, 0.5) is 13.2 Å². The molecule has 3 aromatic rings. The van der Waals surface area contributed by atoms with E-state index in [1.165, 1.54) is 6.07 Å². The molecule has 0 spiro atoms. The van der Waals surface area contributed by atoms with Gasteiger partial charge < -0.3 is 0 Å². The zero-order valence-corrected chi connectivity index (χ0v) is 11.2. The SMILES string of the molecule is Cc1ccn2nc(Cc3cccc(C(F)(F)F)c3)nc2c1. The first-order valence-electron chi connectivity index (χ1n) is 6.40. The third kappa shape index (κ3) is 2.89. The fraction of sp³-hybridized carbons (Fsp3) is 0.200. The van der Waals surface area contributed by atoms with Crippen molar-refractivity contribution in [3.05, 3.63) is 65.1 Å². The van der Waals surface area contributed by atoms with Crippen molar-refractivity contribution in [1.82, 2.24) is 14.6 Å². The summed E-state index contributed by atoms with van der Waals surface area (Å²) in [4.78, 5) is 4.33. The Hall–Kier alpha value is -2.37. The lowest BCUT2D eigenvalue weighted by atomic mass is 10.1. The third-order valence-electron chi connectivity index (χ3n) is 3.15. The van der Waals surface area contributed by atoms with Crippen LogP contribution in [0.5, 0.6) is 0 Å². The molecule has 0 unspecified atom stereocenters. The van der Waals surface area contributed by atoms with E-state index in [9.17, 15) is 13.2 Å². The predicted octanol–water partition coefficient (Wildman–Crippen LogP) is 3.65. The fourth-order valence-corrected chi connectivity index (χ4v) is 2.14. The van der Waals surface area contributed by atoms with E-state index in [4.69, 9.17) is 0 Å². The molecule has 0 fully saturated rings. The van der Waals surface area contributed by atoms with Gasteiger partial charge in [0.2, 0.25) is 0 Å². The molecule has 2 aromatic heterocycles. The summed E-state index contributed by atoms with van der Waals surface area (Å²) in [5.41, 5.74) is 1.63. The summed E-state index contributed by atoms with van der Waals surface area (Å²) in [6.45, 7) is 1.95. The Labute approximate surface area is 119 Å². The molecule has 21 heavy (non-hydrogen) atoms. The monoisotopic (exact) mass is 291 g/mol. The van der Waals surface area contributed by atoms with Gasteiger partial charge >= 0.3 is 6.18 Å². The molecule has 0 aliphatic carbocycles. The number of halogens is 3. The Bertz CT molecular complexity index is 790. The maximum atomic E-state index is 12.7. The van der Waals surface area contributed by atoms with E-state index < -0.39 is 11.7 Å². The second kappa shape index (κ2) is 4.87. The summed E-state index contributed by atoms with van der Waals surface area (Å²) in [7, 11) is 0. The Balaban J connectivity index is 1.91. The van der Waals surface area contributed by atoms with Crippen LogP contribution in [0.25, 0.3) is 5.65 Å². The van der Waals surface area contributed by atoms with Gasteiger partial charge in [0, 0.05) is 12.6 Å². The third-order valence-corrected chi connectivity index (χ3v) is 3.15. The average molecular weight is 291 g/mol. The van der Waals surface area contributed by atoms with Gasteiger partial charge in [0.05, 0.1) is 5.56 Å². The molecule has 0 saturated carbocycles. The lowest BCUT2D eigenvalue weighted by Crippen LogP contribution is -2.05. The van der Waals surface area contributed by atoms with Gasteiger partial charge in [-0.3, -0.25) is 0 Å². The molecule has 3 rings (SSSR count). The number of nitrogens with zero attached hydrogens (tertiary/aromatic N) is 3. The number of pyridine rings is 1. The smallest absolute Gasteiger partial charge is 0.221 e. The zero-order valence-electron chi connectivity index (χ0n) is 11.2. The highest BCUT2D eigenvalue weighted by atomic mass is 19.4. The van der Waals surface area contributed by atoms with E-state index in [0.29, 0.717) is 17.0 Å². The van der Waals surface area contributed by atoms with Gasteiger partial charge in [-0.25, -0.2) is 9.50 Å². The Morgan fingerprint density at radius 3 is 2.71 bits per heavy atom. The number of alkyl halides is 3. The second-order valence-electron chi connectivity index (χ2n) is 4.91. The molecular formula is C15H12F3N3. The van der Waals surface area contributed by atoms with Crippen LogP contribution in [0.1, 0.15) is 22.5 Å². The first kappa shape index (κ1) is 13.6. The summed E-state index contributed by atoms with van der Waals surface area (Å²) >= 11 is 0. The largest absolute Gasteiger partial charge is 0.416 e. The van der Waals surface area contributed by atoms with Crippen molar-refractivity contribution in [2.24, 2.45) is 0 Å². The number of fused-ring (bicyclic) bond motifs is 1. The highest BCUT2D eigenvalue weighted by Crippen LogP contribution is 2.29. The molecule has 0 atom stereocenters. The summed E-state index contributed by atoms with van der Waals surface area (Å²) in [5, 5.41) is 4.27. The molecule has 108 valence electrons. The van der Waals surface area contributed by atoms with Gasteiger partial charge in [-0.15, -0.1) is 0 Å². The van der Waals surface area contributed by atoms with E-state index in [1.54, 1.807) is 16.8 Å². The van der Waals surface area contributed by atoms with Crippen LogP contribution < -0.4 is 0 Å². The summed E-state index contributed by atoms with van der Waals surface area (Å²) in [6, 6.07) is 9.02.